The molecule has 2 heterocycles. The van der Waals surface area contributed by atoms with Crippen LogP contribution in [0.5, 0.6) is 0 Å². The second-order valence-electron chi connectivity index (χ2n) is 5.83. The minimum absolute atomic E-state index is 0.104. The minimum atomic E-state index is -0.234. The number of rotatable bonds is 5. The third-order valence-corrected chi connectivity index (χ3v) is 5.89. The van der Waals surface area contributed by atoms with Crippen molar-refractivity contribution in [1.82, 2.24) is 9.97 Å². The first kappa shape index (κ1) is 17.0. The Balaban J connectivity index is 1.54. The number of H-pyrrole nitrogens is 1. The number of hydrogen-bond donors (Lipinski definition) is 1. The molecule has 0 aliphatic rings. The molecule has 2 aromatic carbocycles. The van der Waals surface area contributed by atoms with Crippen molar-refractivity contribution >= 4 is 33.3 Å². The van der Waals surface area contributed by atoms with E-state index >= 15 is 0 Å². The Labute approximate surface area is 157 Å². The molecule has 0 aliphatic heterocycles. The number of aromatic nitrogens is 2. The third kappa shape index (κ3) is 3.57. The molecular formula is C20H15FN2OS2. The molecule has 6 heteroatoms. The van der Waals surface area contributed by atoms with Gasteiger partial charge < -0.3 is 4.98 Å². The van der Waals surface area contributed by atoms with Crippen molar-refractivity contribution in [3.05, 3.63) is 87.5 Å². The van der Waals surface area contributed by atoms with E-state index in [1.807, 2.05) is 35.7 Å². The molecule has 2 aromatic heterocycles. The number of nitrogens with one attached hydrogen (secondary N) is 1. The SMILES string of the molecule is O=c1[nH]c(CSCc2ccc(F)cc2)nc2scc(-c3ccccc3)c12. The molecule has 0 radical (unpaired) electrons. The van der Waals surface area contributed by atoms with Crippen LogP contribution >= 0.6 is 23.1 Å². The number of hydrogen-bond acceptors (Lipinski definition) is 4. The quantitative estimate of drug-likeness (QED) is 0.514. The number of fused-ring (bicyclic) bond motifs is 1. The summed E-state index contributed by atoms with van der Waals surface area (Å²) in [4.78, 5) is 20.9. The zero-order valence-electron chi connectivity index (χ0n) is 13.7. The lowest BCUT2D eigenvalue weighted by atomic mass is 10.1. The average molecular weight is 382 g/mol. The Morgan fingerprint density at radius 1 is 1.04 bits per heavy atom. The number of thioether (sulfide) groups is 1. The van der Waals surface area contributed by atoms with Gasteiger partial charge in [0.05, 0.1) is 11.1 Å². The van der Waals surface area contributed by atoms with Gasteiger partial charge in [0.15, 0.2) is 0 Å². The molecule has 0 unspecified atom stereocenters. The highest BCUT2D eigenvalue weighted by atomic mass is 32.2. The monoisotopic (exact) mass is 382 g/mol. The van der Waals surface area contributed by atoms with Crippen LogP contribution in [0.1, 0.15) is 11.4 Å². The Kier molecular flexibility index (Phi) is 4.86. The molecule has 0 saturated heterocycles. The highest BCUT2D eigenvalue weighted by molar-refractivity contribution is 7.97. The first-order valence-corrected chi connectivity index (χ1v) is 10.1. The van der Waals surface area contributed by atoms with Crippen molar-refractivity contribution in [3.63, 3.8) is 0 Å². The Hall–Kier alpha value is -2.44. The molecule has 0 aliphatic carbocycles. The van der Waals surface area contributed by atoms with E-state index in [-0.39, 0.29) is 11.4 Å². The second kappa shape index (κ2) is 7.43. The maximum absolute atomic E-state index is 12.9. The number of halogens is 1. The van der Waals surface area contributed by atoms with E-state index in [0.717, 1.165) is 27.3 Å². The topological polar surface area (TPSA) is 45.8 Å². The molecule has 0 spiro atoms. The van der Waals surface area contributed by atoms with E-state index < -0.39 is 0 Å². The summed E-state index contributed by atoms with van der Waals surface area (Å²) in [5.74, 6) is 1.77. The highest BCUT2D eigenvalue weighted by Gasteiger charge is 2.12. The van der Waals surface area contributed by atoms with Gasteiger partial charge in [-0.3, -0.25) is 4.79 Å². The fraction of sp³-hybridized carbons (Fsp3) is 0.100. The summed E-state index contributed by atoms with van der Waals surface area (Å²) < 4.78 is 12.9. The fourth-order valence-electron chi connectivity index (χ4n) is 2.74. The second-order valence-corrected chi connectivity index (χ2v) is 7.67. The summed E-state index contributed by atoms with van der Waals surface area (Å²) in [5, 5.41) is 2.63. The van der Waals surface area contributed by atoms with E-state index in [4.69, 9.17) is 0 Å². The van der Waals surface area contributed by atoms with Gasteiger partial charge in [-0.15, -0.1) is 23.1 Å². The molecule has 4 rings (SSSR count). The molecule has 0 bridgehead atoms. The maximum Gasteiger partial charge on any atom is 0.260 e. The minimum Gasteiger partial charge on any atom is -0.309 e. The summed E-state index contributed by atoms with van der Waals surface area (Å²) in [6, 6.07) is 16.3. The largest absolute Gasteiger partial charge is 0.309 e. The standard InChI is InChI=1S/C20H15FN2OS2/c21-15-8-6-13(7-9-15)10-25-12-17-22-19(24)18-16(11-26-20(18)23-17)14-4-2-1-3-5-14/h1-9,11H,10,12H2,(H,22,23,24). The lowest BCUT2D eigenvalue weighted by molar-refractivity contribution is 0.627. The van der Waals surface area contributed by atoms with Crippen molar-refractivity contribution in [1.29, 1.82) is 0 Å². The number of thiophene rings is 1. The molecule has 1 N–H and O–H groups in total. The molecule has 0 amide bonds. The lowest BCUT2D eigenvalue weighted by Crippen LogP contribution is -2.10. The smallest absolute Gasteiger partial charge is 0.260 e. The Morgan fingerprint density at radius 2 is 1.81 bits per heavy atom. The summed E-state index contributed by atoms with van der Waals surface area (Å²) in [5.41, 5.74) is 2.88. The first-order valence-electron chi connectivity index (χ1n) is 8.09. The van der Waals surface area contributed by atoms with Crippen molar-refractivity contribution < 1.29 is 4.39 Å². The van der Waals surface area contributed by atoms with Crippen LogP contribution < -0.4 is 5.56 Å². The van der Waals surface area contributed by atoms with E-state index in [1.165, 1.54) is 23.5 Å². The van der Waals surface area contributed by atoms with Gasteiger partial charge in [0, 0.05) is 16.7 Å². The van der Waals surface area contributed by atoms with Gasteiger partial charge in [-0.1, -0.05) is 42.5 Å². The van der Waals surface area contributed by atoms with Crippen LogP contribution in [0.4, 0.5) is 4.39 Å². The zero-order valence-corrected chi connectivity index (χ0v) is 15.4. The summed E-state index contributed by atoms with van der Waals surface area (Å²) >= 11 is 3.12. The van der Waals surface area contributed by atoms with Crippen LogP contribution in [0.25, 0.3) is 21.3 Å². The molecule has 0 atom stereocenters. The fourth-order valence-corrected chi connectivity index (χ4v) is 4.57. The molecule has 0 saturated carbocycles. The Bertz CT molecular complexity index is 1090. The van der Waals surface area contributed by atoms with Gasteiger partial charge in [-0.05, 0) is 23.3 Å². The van der Waals surface area contributed by atoms with Gasteiger partial charge in [-0.2, -0.15) is 0 Å². The van der Waals surface area contributed by atoms with Gasteiger partial charge in [0.1, 0.15) is 16.5 Å². The van der Waals surface area contributed by atoms with Crippen molar-refractivity contribution in [2.45, 2.75) is 11.5 Å². The average Bonchev–Trinajstić information content (AvgIpc) is 3.09. The van der Waals surface area contributed by atoms with E-state index in [0.29, 0.717) is 17.0 Å². The Morgan fingerprint density at radius 3 is 2.58 bits per heavy atom. The highest BCUT2D eigenvalue weighted by Crippen LogP contribution is 2.30. The van der Waals surface area contributed by atoms with Crippen LogP contribution in [0.15, 0.2) is 64.8 Å². The molecule has 130 valence electrons. The van der Waals surface area contributed by atoms with E-state index in [9.17, 15) is 9.18 Å². The van der Waals surface area contributed by atoms with Crippen LogP contribution in [0.2, 0.25) is 0 Å². The predicted molar refractivity (Wildman–Crippen MR) is 107 cm³/mol. The molecule has 4 aromatic rings. The molecule has 0 fully saturated rings. The van der Waals surface area contributed by atoms with Gasteiger partial charge >= 0.3 is 0 Å². The summed E-state index contributed by atoms with van der Waals surface area (Å²) in [6.45, 7) is 0. The molecule has 3 nitrogen and oxygen atoms in total. The van der Waals surface area contributed by atoms with Gasteiger partial charge in [-0.25, -0.2) is 9.37 Å². The number of benzene rings is 2. The van der Waals surface area contributed by atoms with Crippen molar-refractivity contribution in [3.8, 4) is 11.1 Å². The van der Waals surface area contributed by atoms with Gasteiger partial charge in [0.2, 0.25) is 0 Å². The lowest BCUT2D eigenvalue weighted by Gasteiger charge is -2.03. The van der Waals surface area contributed by atoms with Gasteiger partial charge in [0.25, 0.3) is 5.56 Å². The maximum atomic E-state index is 12.9. The normalized spacial score (nSPS) is 11.1. The third-order valence-electron chi connectivity index (χ3n) is 4.00. The van der Waals surface area contributed by atoms with Crippen LogP contribution in [0.3, 0.4) is 0 Å². The number of aromatic amines is 1. The van der Waals surface area contributed by atoms with E-state index in [2.05, 4.69) is 9.97 Å². The summed E-state index contributed by atoms with van der Waals surface area (Å²) in [7, 11) is 0. The summed E-state index contributed by atoms with van der Waals surface area (Å²) in [6.07, 6.45) is 0. The first-order chi connectivity index (χ1) is 12.7. The van der Waals surface area contributed by atoms with Crippen molar-refractivity contribution in [2.24, 2.45) is 0 Å². The molecule has 26 heavy (non-hydrogen) atoms. The van der Waals surface area contributed by atoms with Crippen LogP contribution in [-0.4, -0.2) is 9.97 Å². The predicted octanol–water partition coefficient (Wildman–Crippen LogP) is 5.22. The van der Waals surface area contributed by atoms with Crippen LogP contribution in [0, 0.1) is 5.82 Å². The van der Waals surface area contributed by atoms with Crippen molar-refractivity contribution in [2.75, 3.05) is 0 Å². The van der Waals surface area contributed by atoms with Crippen LogP contribution in [-0.2, 0) is 11.5 Å². The van der Waals surface area contributed by atoms with E-state index in [1.54, 1.807) is 23.9 Å². The zero-order chi connectivity index (χ0) is 17.9. The number of nitrogens with zero attached hydrogens (tertiary/aromatic N) is 1. The molecular weight excluding hydrogens is 367 g/mol.